The average Bonchev–Trinajstić information content (AvgIpc) is 2.98. The Labute approximate surface area is 128 Å². The molecule has 21 heavy (non-hydrogen) atoms. The molecule has 0 atom stereocenters. The van der Waals surface area contributed by atoms with Gasteiger partial charge in [-0.2, -0.15) is 0 Å². The molecule has 0 amide bonds. The Bertz CT molecular complexity index is 794. The molecule has 0 aliphatic rings. The first-order valence-corrected chi connectivity index (χ1v) is 7.68. The molecule has 2 heterocycles. The van der Waals surface area contributed by atoms with E-state index in [0.29, 0.717) is 0 Å². The van der Waals surface area contributed by atoms with Crippen LogP contribution in [-0.4, -0.2) is 16.5 Å². The molecule has 0 fully saturated rings. The van der Waals surface area contributed by atoms with Gasteiger partial charge in [-0.25, -0.2) is 9.97 Å². The van der Waals surface area contributed by atoms with Crippen molar-refractivity contribution in [1.82, 2.24) is 9.97 Å². The summed E-state index contributed by atoms with van der Waals surface area (Å²) in [4.78, 5) is 9.53. The Morgan fingerprint density at radius 2 is 2.00 bits per heavy atom. The Morgan fingerprint density at radius 1 is 1.14 bits per heavy atom. The van der Waals surface area contributed by atoms with Crippen LogP contribution in [-0.2, 0) is 0 Å². The minimum atomic E-state index is 0.779. The highest BCUT2D eigenvalue weighted by Crippen LogP contribution is 2.23. The van der Waals surface area contributed by atoms with Crippen molar-refractivity contribution in [3.05, 3.63) is 53.2 Å². The molecule has 0 radical (unpaired) electrons. The van der Waals surface area contributed by atoms with E-state index in [1.807, 2.05) is 11.4 Å². The van der Waals surface area contributed by atoms with E-state index in [-0.39, 0.29) is 0 Å². The molecule has 4 heteroatoms. The average molecular weight is 293 g/mol. The topological polar surface area (TPSA) is 37.8 Å². The molecule has 0 aliphatic heterocycles. The van der Waals surface area contributed by atoms with Crippen molar-refractivity contribution in [3.63, 3.8) is 0 Å². The van der Waals surface area contributed by atoms with Crippen LogP contribution in [0.2, 0.25) is 0 Å². The molecular formula is C17H15N3S. The van der Waals surface area contributed by atoms with E-state index in [9.17, 15) is 0 Å². The lowest BCUT2D eigenvalue weighted by Crippen LogP contribution is -2.02. The smallest absolute Gasteiger partial charge is 0.138 e. The molecule has 1 aromatic carbocycles. The lowest BCUT2D eigenvalue weighted by Gasteiger charge is -2.03. The SMILES string of the molecule is Cc1ccc(C#CCCNc2ncnc3sccc23)cc1. The zero-order chi connectivity index (χ0) is 14.5. The fraction of sp³-hybridized carbons (Fsp3) is 0.176. The second-order valence-electron chi connectivity index (χ2n) is 4.71. The molecule has 0 saturated carbocycles. The molecule has 3 aromatic rings. The van der Waals surface area contributed by atoms with Crippen LogP contribution in [0.3, 0.4) is 0 Å². The van der Waals surface area contributed by atoms with Crippen LogP contribution in [0, 0.1) is 18.8 Å². The number of nitrogens with one attached hydrogen (secondary N) is 1. The fourth-order valence-corrected chi connectivity index (χ4v) is 2.71. The number of aromatic nitrogens is 2. The summed E-state index contributed by atoms with van der Waals surface area (Å²) in [5, 5.41) is 6.43. The number of hydrogen-bond donors (Lipinski definition) is 1. The number of hydrogen-bond acceptors (Lipinski definition) is 4. The Morgan fingerprint density at radius 3 is 2.86 bits per heavy atom. The first-order chi connectivity index (χ1) is 10.3. The summed E-state index contributed by atoms with van der Waals surface area (Å²) < 4.78 is 0. The minimum absolute atomic E-state index is 0.779. The van der Waals surface area contributed by atoms with Crippen molar-refractivity contribution in [2.24, 2.45) is 0 Å². The van der Waals surface area contributed by atoms with E-state index in [4.69, 9.17) is 0 Å². The van der Waals surface area contributed by atoms with Gasteiger partial charge in [-0.3, -0.25) is 0 Å². The van der Waals surface area contributed by atoms with E-state index in [1.54, 1.807) is 17.7 Å². The van der Waals surface area contributed by atoms with Gasteiger partial charge in [0.05, 0.1) is 5.39 Å². The van der Waals surface area contributed by atoms with Gasteiger partial charge in [0.1, 0.15) is 17.0 Å². The maximum absolute atomic E-state index is 4.28. The summed E-state index contributed by atoms with van der Waals surface area (Å²) in [6, 6.07) is 10.3. The lowest BCUT2D eigenvalue weighted by molar-refractivity contribution is 1.07. The van der Waals surface area contributed by atoms with Gasteiger partial charge in [0, 0.05) is 18.5 Å². The highest BCUT2D eigenvalue weighted by molar-refractivity contribution is 7.16. The zero-order valence-corrected chi connectivity index (χ0v) is 12.6. The number of aryl methyl sites for hydroxylation is 1. The van der Waals surface area contributed by atoms with Gasteiger partial charge in [0.15, 0.2) is 0 Å². The standard InChI is InChI=1S/C17H15N3S/c1-13-5-7-14(8-6-13)4-2-3-10-18-16-15-9-11-21-17(15)20-12-19-16/h5-9,11-12H,3,10H2,1H3,(H,18,19,20). The Balaban J connectivity index is 1.57. The predicted molar refractivity (Wildman–Crippen MR) is 88.6 cm³/mol. The van der Waals surface area contributed by atoms with Gasteiger partial charge in [0.2, 0.25) is 0 Å². The molecule has 3 rings (SSSR count). The van der Waals surface area contributed by atoms with Crippen molar-refractivity contribution < 1.29 is 0 Å². The predicted octanol–water partition coefficient (Wildman–Crippen LogP) is 3.85. The fourth-order valence-electron chi connectivity index (χ4n) is 1.98. The van der Waals surface area contributed by atoms with E-state index in [2.05, 4.69) is 58.3 Å². The number of fused-ring (bicyclic) bond motifs is 1. The van der Waals surface area contributed by atoms with Gasteiger partial charge in [-0.1, -0.05) is 29.5 Å². The number of thiophene rings is 1. The summed E-state index contributed by atoms with van der Waals surface area (Å²) in [7, 11) is 0. The summed E-state index contributed by atoms with van der Waals surface area (Å²) in [6.07, 6.45) is 2.38. The third kappa shape index (κ3) is 3.39. The van der Waals surface area contributed by atoms with Gasteiger partial charge < -0.3 is 5.32 Å². The largest absolute Gasteiger partial charge is 0.368 e. The van der Waals surface area contributed by atoms with E-state index in [1.165, 1.54) is 5.56 Å². The quantitative estimate of drug-likeness (QED) is 0.588. The van der Waals surface area contributed by atoms with Gasteiger partial charge in [-0.15, -0.1) is 11.3 Å². The van der Waals surface area contributed by atoms with Crippen LogP contribution in [0.1, 0.15) is 17.5 Å². The lowest BCUT2D eigenvalue weighted by atomic mass is 10.1. The molecule has 0 aliphatic carbocycles. The summed E-state index contributed by atoms with van der Waals surface area (Å²) in [5.41, 5.74) is 2.31. The molecule has 0 saturated heterocycles. The van der Waals surface area contributed by atoms with Crippen LogP contribution in [0.5, 0.6) is 0 Å². The van der Waals surface area contributed by atoms with E-state index >= 15 is 0 Å². The molecule has 0 unspecified atom stereocenters. The van der Waals surface area contributed by atoms with Crippen LogP contribution < -0.4 is 5.32 Å². The van der Waals surface area contributed by atoms with Crippen molar-refractivity contribution in [3.8, 4) is 11.8 Å². The minimum Gasteiger partial charge on any atom is -0.368 e. The molecular weight excluding hydrogens is 278 g/mol. The highest BCUT2D eigenvalue weighted by Gasteiger charge is 2.02. The molecule has 2 aromatic heterocycles. The zero-order valence-electron chi connectivity index (χ0n) is 11.8. The number of nitrogens with zero attached hydrogens (tertiary/aromatic N) is 2. The van der Waals surface area contributed by atoms with Gasteiger partial charge >= 0.3 is 0 Å². The van der Waals surface area contributed by atoms with Crippen molar-refractivity contribution >= 4 is 27.4 Å². The van der Waals surface area contributed by atoms with Crippen LogP contribution >= 0.6 is 11.3 Å². The third-order valence-electron chi connectivity index (χ3n) is 3.09. The van der Waals surface area contributed by atoms with Gasteiger partial charge in [-0.05, 0) is 30.5 Å². The summed E-state index contributed by atoms with van der Waals surface area (Å²) in [5.74, 6) is 7.24. The highest BCUT2D eigenvalue weighted by atomic mass is 32.1. The first-order valence-electron chi connectivity index (χ1n) is 6.80. The molecule has 1 N–H and O–H groups in total. The Kier molecular flexibility index (Phi) is 4.13. The summed E-state index contributed by atoms with van der Waals surface area (Å²) in [6.45, 7) is 2.86. The normalized spacial score (nSPS) is 10.1. The van der Waals surface area contributed by atoms with Crippen LogP contribution in [0.4, 0.5) is 5.82 Å². The third-order valence-corrected chi connectivity index (χ3v) is 3.91. The maximum atomic E-state index is 4.28. The number of benzene rings is 1. The number of anilines is 1. The van der Waals surface area contributed by atoms with E-state index < -0.39 is 0 Å². The van der Waals surface area contributed by atoms with Crippen LogP contribution in [0.15, 0.2) is 42.0 Å². The number of rotatable bonds is 3. The molecule has 104 valence electrons. The Hall–Kier alpha value is -2.38. The monoisotopic (exact) mass is 293 g/mol. The summed E-state index contributed by atoms with van der Waals surface area (Å²) >= 11 is 1.62. The van der Waals surface area contributed by atoms with Crippen molar-refractivity contribution in [2.45, 2.75) is 13.3 Å². The van der Waals surface area contributed by atoms with Crippen molar-refractivity contribution in [1.29, 1.82) is 0 Å². The molecule has 0 bridgehead atoms. The van der Waals surface area contributed by atoms with Crippen LogP contribution in [0.25, 0.3) is 10.2 Å². The second-order valence-corrected chi connectivity index (χ2v) is 5.60. The second kappa shape index (κ2) is 6.38. The molecule has 0 spiro atoms. The molecule has 3 nitrogen and oxygen atoms in total. The first kappa shape index (κ1) is 13.6. The maximum Gasteiger partial charge on any atom is 0.138 e. The van der Waals surface area contributed by atoms with Crippen molar-refractivity contribution in [2.75, 3.05) is 11.9 Å². The van der Waals surface area contributed by atoms with Gasteiger partial charge in [0.25, 0.3) is 0 Å². The van der Waals surface area contributed by atoms with E-state index in [0.717, 1.165) is 34.6 Å².